The van der Waals surface area contributed by atoms with Gasteiger partial charge in [0.05, 0.1) is 0 Å². The number of terminal acetylenes is 1. The molecular weight excluding hydrogens is 262 g/mol. The standard InChI is InChI=1S/C16H23N5/c1-2-3-6-20-7-9-21(10-8-20)16-11-15(18-13-19-16)17-12-14-4-5-14/h1,11,13-14H,3-10,12H2,(H,17,18,19). The second kappa shape index (κ2) is 6.77. The second-order valence-corrected chi connectivity index (χ2v) is 5.87. The van der Waals surface area contributed by atoms with E-state index in [0.717, 1.165) is 63.2 Å². The van der Waals surface area contributed by atoms with Gasteiger partial charge in [0.2, 0.25) is 0 Å². The van der Waals surface area contributed by atoms with E-state index >= 15 is 0 Å². The maximum Gasteiger partial charge on any atom is 0.134 e. The molecule has 1 saturated carbocycles. The fourth-order valence-electron chi connectivity index (χ4n) is 2.61. The summed E-state index contributed by atoms with van der Waals surface area (Å²) in [7, 11) is 0. The van der Waals surface area contributed by atoms with Gasteiger partial charge in [-0.15, -0.1) is 12.3 Å². The predicted molar refractivity (Wildman–Crippen MR) is 85.3 cm³/mol. The van der Waals surface area contributed by atoms with E-state index in [1.54, 1.807) is 6.33 Å². The fourth-order valence-corrected chi connectivity index (χ4v) is 2.61. The molecule has 2 fully saturated rings. The summed E-state index contributed by atoms with van der Waals surface area (Å²) in [5.74, 6) is 5.53. The van der Waals surface area contributed by atoms with E-state index in [4.69, 9.17) is 6.42 Å². The van der Waals surface area contributed by atoms with E-state index in [9.17, 15) is 0 Å². The Morgan fingerprint density at radius 1 is 1.24 bits per heavy atom. The van der Waals surface area contributed by atoms with Crippen LogP contribution in [0.5, 0.6) is 0 Å². The van der Waals surface area contributed by atoms with Crippen molar-refractivity contribution in [3.05, 3.63) is 12.4 Å². The number of nitrogens with one attached hydrogen (secondary N) is 1. The van der Waals surface area contributed by atoms with Crippen LogP contribution in [-0.2, 0) is 0 Å². The number of hydrogen-bond donors (Lipinski definition) is 1. The predicted octanol–water partition coefficient (Wildman–Crippen LogP) is 1.44. The van der Waals surface area contributed by atoms with Crippen LogP contribution in [0.1, 0.15) is 19.3 Å². The lowest BCUT2D eigenvalue weighted by atomic mass is 10.3. The molecule has 1 N–H and O–H groups in total. The van der Waals surface area contributed by atoms with E-state index in [2.05, 4.69) is 37.1 Å². The summed E-state index contributed by atoms with van der Waals surface area (Å²) in [6.07, 6.45) is 10.5. The molecule has 0 radical (unpaired) electrons. The second-order valence-electron chi connectivity index (χ2n) is 5.87. The van der Waals surface area contributed by atoms with Crippen molar-refractivity contribution in [3.63, 3.8) is 0 Å². The lowest BCUT2D eigenvalue weighted by Gasteiger charge is -2.35. The zero-order valence-electron chi connectivity index (χ0n) is 12.5. The fraction of sp³-hybridized carbons (Fsp3) is 0.625. The van der Waals surface area contributed by atoms with Crippen molar-refractivity contribution in [3.8, 4) is 12.3 Å². The molecule has 0 unspecified atom stereocenters. The van der Waals surface area contributed by atoms with Crippen LogP contribution in [0.4, 0.5) is 11.6 Å². The van der Waals surface area contributed by atoms with Crippen molar-refractivity contribution in [1.82, 2.24) is 14.9 Å². The molecule has 21 heavy (non-hydrogen) atoms. The summed E-state index contributed by atoms with van der Waals surface area (Å²) >= 11 is 0. The van der Waals surface area contributed by atoms with Crippen molar-refractivity contribution in [2.75, 3.05) is 49.5 Å². The summed E-state index contributed by atoms with van der Waals surface area (Å²) in [6.45, 7) is 6.15. The van der Waals surface area contributed by atoms with Gasteiger partial charge in [-0.1, -0.05) is 0 Å². The van der Waals surface area contributed by atoms with Crippen LogP contribution < -0.4 is 10.2 Å². The first-order valence-electron chi connectivity index (χ1n) is 7.82. The summed E-state index contributed by atoms with van der Waals surface area (Å²) in [5, 5.41) is 3.41. The number of nitrogens with zero attached hydrogens (tertiary/aromatic N) is 4. The molecule has 112 valence electrons. The van der Waals surface area contributed by atoms with E-state index < -0.39 is 0 Å². The topological polar surface area (TPSA) is 44.3 Å². The van der Waals surface area contributed by atoms with Gasteiger partial charge in [-0.2, -0.15) is 0 Å². The highest BCUT2D eigenvalue weighted by molar-refractivity contribution is 5.48. The first-order valence-corrected chi connectivity index (χ1v) is 7.82. The molecule has 5 nitrogen and oxygen atoms in total. The molecular formula is C16H23N5. The Bertz CT molecular complexity index is 498. The number of rotatable bonds is 6. The normalized spacial score (nSPS) is 19.3. The highest BCUT2D eigenvalue weighted by atomic mass is 15.3. The third-order valence-electron chi connectivity index (χ3n) is 4.19. The number of aromatic nitrogens is 2. The zero-order chi connectivity index (χ0) is 14.5. The van der Waals surface area contributed by atoms with E-state index in [-0.39, 0.29) is 0 Å². The smallest absolute Gasteiger partial charge is 0.134 e. The highest BCUT2D eigenvalue weighted by Gasteiger charge is 2.21. The molecule has 3 rings (SSSR count). The van der Waals surface area contributed by atoms with Crippen molar-refractivity contribution < 1.29 is 0 Å². The molecule has 5 heteroatoms. The molecule has 0 spiro atoms. The summed E-state index contributed by atoms with van der Waals surface area (Å²) in [6, 6.07) is 2.07. The van der Waals surface area contributed by atoms with Crippen molar-refractivity contribution in [1.29, 1.82) is 0 Å². The van der Waals surface area contributed by atoms with Crippen LogP contribution in [0, 0.1) is 18.3 Å². The van der Waals surface area contributed by atoms with Crippen LogP contribution >= 0.6 is 0 Å². The van der Waals surface area contributed by atoms with Gasteiger partial charge in [0.25, 0.3) is 0 Å². The first kappa shape index (κ1) is 14.2. The van der Waals surface area contributed by atoms with Gasteiger partial charge in [0.15, 0.2) is 0 Å². The van der Waals surface area contributed by atoms with E-state index in [1.807, 2.05) is 0 Å². The summed E-state index contributed by atoms with van der Waals surface area (Å²) in [5.41, 5.74) is 0. The number of hydrogen-bond acceptors (Lipinski definition) is 5. The van der Waals surface area contributed by atoms with Crippen molar-refractivity contribution in [2.24, 2.45) is 5.92 Å². The molecule has 0 amide bonds. The Morgan fingerprint density at radius 2 is 2.05 bits per heavy atom. The third kappa shape index (κ3) is 4.08. The SMILES string of the molecule is C#CCCN1CCN(c2cc(NCC3CC3)ncn2)CC1. The Balaban J connectivity index is 1.52. The van der Waals surface area contributed by atoms with Crippen LogP contribution in [0.3, 0.4) is 0 Å². The maximum absolute atomic E-state index is 5.32. The molecule has 1 saturated heterocycles. The van der Waals surface area contributed by atoms with Gasteiger partial charge in [0.1, 0.15) is 18.0 Å². The lowest BCUT2D eigenvalue weighted by Crippen LogP contribution is -2.46. The molecule has 1 aliphatic heterocycles. The molecule has 1 aliphatic carbocycles. The van der Waals surface area contributed by atoms with Crippen LogP contribution in [-0.4, -0.2) is 54.1 Å². The Labute approximate surface area is 126 Å². The monoisotopic (exact) mass is 285 g/mol. The Hall–Kier alpha value is -1.80. The largest absolute Gasteiger partial charge is 0.370 e. The molecule has 1 aromatic rings. The molecule has 0 aromatic carbocycles. The van der Waals surface area contributed by atoms with Crippen molar-refractivity contribution in [2.45, 2.75) is 19.3 Å². The number of anilines is 2. The molecule has 0 atom stereocenters. The van der Waals surface area contributed by atoms with Crippen LogP contribution in [0.25, 0.3) is 0 Å². The van der Waals surface area contributed by atoms with Gasteiger partial charge in [-0.25, -0.2) is 9.97 Å². The minimum Gasteiger partial charge on any atom is -0.370 e. The van der Waals surface area contributed by atoms with Gasteiger partial charge in [-0.3, -0.25) is 4.90 Å². The summed E-state index contributed by atoms with van der Waals surface area (Å²) in [4.78, 5) is 13.5. The zero-order valence-corrected chi connectivity index (χ0v) is 12.5. The Kier molecular flexibility index (Phi) is 4.56. The minimum absolute atomic E-state index is 0.836. The first-order chi connectivity index (χ1) is 10.3. The van der Waals surface area contributed by atoms with Gasteiger partial charge >= 0.3 is 0 Å². The van der Waals surface area contributed by atoms with E-state index in [0.29, 0.717) is 0 Å². The van der Waals surface area contributed by atoms with Gasteiger partial charge < -0.3 is 10.2 Å². The minimum atomic E-state index is 0.836. The molecule has 0 bridgehead atoms. The van der Waals surface area contributed by atoms with Crippen molar-refractivity contribution >= 4 is 11.6 Å². The quantitative estimate of drug-likeness (QED) is 0.801. The molecule has 2 heterocycles. The molecule has 2 aliphatic rings. The molecule has 1 aromatic heterocycles. The third-order valence-corrected chi connectivity index (χ3v) is 4.19. The maximum atomic E-state index is 5.32. The Morgan fingerprint density at radius 3 is 2.76 bits per heavy atom. The van der Waals surface area contributed by atoms with Crippen LogP contribution in [0.15, 0.2) is 12.4 Å². The van der Waals surface area contributed by atoms with E-state index in [1.165, 1.54) is 12.8 Å². The van der Waals surface area contributed by atoms with Gasteiger partial charge in [-0.05, 0) is 18.8 Å². The summed E-state index contributed by atoms with van der Waals surface area (Å²) < 4.78 is 0. The number of piperazine rings is 1. The highest BCUT2D eigenvalue weighted by Crippen LogP contribution is 2.28. The van der Waals surface area contributed by atoms with Crippen LogP contribution in [0.2, 0.25) is 0 Å². The average molecular weight is 285 g/mol. The average Bonchev–Trinajstić information content (AvgIpc) is 3.36. The van der Waals surface area contributed by atoms with Gasteiger partial charge in [0, 0.05) is 51.8 Å². The lowest BCUT2D eigenvalue weighted by molar-refractivity contribution is 0.263.